The lowest BCUT2D eigenvalue weighted by Gasteiger charge is -2.11. The van der Waals surface area contributed by atoms with Gasteiger partial charge in [-0.2, -0.15) is 0 Å². The summed E-state index contributed by atoms with van der Waals surface area (Å²) in [5, 5.41) is 15.9. The molecule has 0 aliphatic carbocycles. The molecule has 0 amide bonds. The summed E-state index contributed by atoms with van der Waals surface area (Å²) in [5.41, 5.74) is 1.91. The predicted octanol–water partition coefficient (Wildman–Crippen LogP) is 2.89. The molecule has 3 N–H and O–H groups in total. The Morgan fingerprint density at radius 2 is 1.95 bits per heavy atom. The van der Waals surface area contributed by atoms with Crippen molar-refractivity contribution in [1.29, 1.82) is 0 Å². The Kier molecular flexibility index (Phi) is 4.79. The number of aromatic hydroxyl groups is 1. The van der Waals surface area contributed by atoms with E-state index >= 15 is 0 Å². The molecule has 0 radical (unpaired) electrons. The molecule has 4 nitrogen and oxygen atoms in total. The molecule has 0 atom stereocenters. The second-order valence-corrected chi connectivity index (χ2v) is 4.61. The van der Waals surface area contributed by atoms with Crippen molar-refractivity contribution in [2.45, 2.75) is 6.54 Å². The number of phenols is 1. The van der Waals surface area contributed by atoms with E-state index in [1.165, 1.54) is 0 Å². The molecule has 2 rings (SSSR count). The van der Waals surface area contributed by atoms with Gasteiger partial charge in [0.2, 0.25) is 0 Å². The van der Waals surface area contributed by atoms with E-state index in [1.807, 2.05) is 24.3 Å². The number of phenolic OH excluding ortho intramolecular Hbond substituents is 1. The first-order valence-corrected chi connectivity index (χ1v) is 6.55. The van der Waals surface area contributed by atoms with Gasteiger partial charge >= 0.3 is 0 Å². The van der Waals surface area contributed by atoms with E-state index < -0.39 is 0 Å². The lowest BCUT2D eigenvalue weighted by Crippen LogP contribution is -2.27. The summed E-state index contributed by atoms with van der Waals surface area (Å²) in [5.74, 6) is 1.05. The molecule has 0 saturated heterocycles. The van der Waals surface area contributed by atoms with E-state index in [0.29, 0.717) is 11.7 Å². The van der Waals surface area contributed by atoms with Crippen molar-refractivity contribution in [3.63, 3.8) is 0 Å². The van der Waals surface area contributed by atoms with E-state index in [1.54, 1.807) is 31.4 Å². The van der Waals surface area contributed by atoms with Crippen LogP contribution in [0.4, 0.5) is 5.69 Å². The van der Waals surface area contributed by atoms with Gasteiger partial charge in [0.1, 0.15) is 11.5 Å². The van der Waals surface area contributed by atoms with Gasteiger partial charge < -0.3 is 20.5 Å². The molecule has 0 bridgehead atoms. The first-order valence-electron chi connectivity index (χ1n) is 6.14. The van der Waals surface area contributed by atoms with Gasteiger partial charge in [-0.1, -0.05) is 12.1 Å². The minimum absolute atomic E-state index is 0.228. The molecule has 2 aromatic carbocycles. The molecular formula is C15H16N2O2S. The highest BCUT2D eigenvalue weighted by molar-refractivity contribution is 7.80. The van der Waals surface area contributed by atoms with Crippen LogP contribution < -0.4 is 15.4 Å². The van der Waals surface area contributed by atoms with E-state index in [2.05, 4.69) is 10.6 Å². The van der Waals surface area contributed by atoms with Crippen molar-refractivity contribution in [2.24, 2.45) is 0 Å². The van der Waals surface area contributed by atoms with Gasteiger partial charge in [0.05, 0.1) is 7.11 Å². The normalized spacial score (nSPS) is 9.85. The smallest absolute Gasteiger partial charge is 0.171 e. The van der Waals surface area contributed by atoms with Crippen LogP contribution in [0.2, 0.25) is 0 Å². The minimum Gasteiger partial charge on any atom is -0.508 e. The molecular weight excluding hydrogens is 272 g/mol. The van der Waals surface area contributed by atoms with E-state index in [0.717, 1.165) is 17.0 Å². The van der Waals surface area contributed by atoms with Crippen LogP contribution in [0.5, 0.6) is 11.5 Å². The van der Waals surface area contributed by atoms with Crippen LogP contribution in [0.3, 0.4) is 0 Å². The topological polar surface area (TPSA) is 53.5 Å². The van der Waals surface area contributed by atoms with E-state index in [9.17, 15) is 5.11 Å². The number of hydrogen-bond donors (Lipinski definition) is 3. The Balaban J connectivity index is 1.87. The number of nitrogens with one attached hydrogen (secondary N) is 2. The summed E-state index contributed by atoms with van der Waals surface area (Å²) in [6.45, 7) is 0.612. The molecule has 0 unspecified atom stereocenters. The summed E-state index contributed by atoms with van der Waals surface area (Å²) >= 11 is 5.21. The Morgan fingerprint density at radius 3 is 2.65 bits per heavy atom. The number of anilines is 1. The highest BCUT2D eigenvalue weighted by atomic mass is 32.1. The van der Waals surface area contributed by atoms with Crippen molar-refractivity contribution in [1.82, 2.24) is 5.32 Å². The largest absolute Gasteiger partial charge is 0.508 e. The zero-order chi connectivity index (χ0) is 14.4. The molecule has 0 aliphatic heterocycles. The van der Waals surface area contributed by atoms with Crippen LogP contribution in [0.1, 0.15) is 5.56 Å². The summed E-state index contributed by atoms with van der Waals surface area (Å²) in [7, 11) is 1.64. The van der Waals surface area contributed by atoms with Crippen molar-refractivity contribution < 1.29 is 9.84 Å². The van der Waals surface area contributed by atoms with Gasteiger partial charge in [0.15, 0.2) is 5.11 Å². The molecule has 104 valence electrons. The van der Waals surface area contributed by atoms with E-state index in [4.69, 9.17) is 17.0 Å². The van der Waals surface area contributed by atoms with Gasteiger partial charge in [-0.15, -0.1) is 0 Å². The summed E-state index contributed by atoms with van der Waals surface area (Å²) < 4.78 is 5.17. The van der Waals surface area contributed by atoms with Crippen LogP contribution in [0.25, 0.3) is 0 Å². The molecule has 0 aliphatic rings. The maximum Gasteiger partial charge on any atom is 0.171 e. The average molecular weight is 288 g/mol. The highest BCUT2D eigenvalue weighted by Gasteiger charge is 1.99. The highest BCUT2D eigenvalue weighted by Crippen LogP contribution is 2.14. The average Bonchev–Trinajstić information content (AvgIpc) is 2.48. The van der Waals surface area contributed by atoms with Crippen molar-refractivity contribution in [3.8, 4) is 11.5 Å². The molecule has 2 aromatic rings. The SMILES string of the molecule is COc1cccc(CNC(=S)Nc2ccc(O)cc2)c1. The van der Waals surface area contributed by atoms with Gasteiger partial charge in [0.25, 0.3) is 0 Å². The fourth-order valence-corrected chi connectivity index (χ4v) is 1.87. The second-order valence-electron chi connectivity index (χ2n) is 4.21. The monoisotopic (exact) mass is 288 g/mol. The third kappa shape index (κ3) is 4.13. The lowest BCUT2D eigenvalue weighted by molar-refractivity contribution is 0.414. The number of ether oxygens (including phenoxy) is 1. The first kappa shape index (κ1) is 14.1. The number of benzene rings is 2. The number of hydrogen-bond acceptors (Lipinski definition) is 3. The molecule has 0 saturated carbocycles. The molecule has 20 heavy (non-hydrogen) atoms. The maximum atomic E-state index is 9.20. The van der Waals surface area contributed by atoms with Crippen molar-refractivity contribution >= 4 is 23.0 Å². The summed E-state index contributed by atoms with van der Waals surface area (Å²) in [6.07, 6.45) is 0. The summed E-state index contributed by atoms with van der Waals surface area (Å²) in [6, 6.07) is 14.5. The molecule has 0 aromatic heterocycles. The van der Waals surface area contributed by atoms with Crippen LogP contribution in [0.15, 0.2) is 48.5 Å². The quantitative estimate of drug-likeness (QED) is 0.596. The number of methoxy groups -OCH3 is 1. The zero-order valence-corrected chi connectivity index (χ0v) is 11.9. The van der Waals surface area contributed by atoms with E-state index in [-0.39, 0.29) is 5.75 Å². The van der Waals surface area contributed by atoms with Gasteiger partial charge in [0, 0.05) is 12.2 Å². The van der Waals surface area contributed by atoms with Gasteiger partial charge in [-0.25, -0.2) is 0 Å². The molecule has 0 heterocycles. The van der Waals surface area contributed by atoms with Crippen LogP contribution in [-0.4, -0.2) is 17.3 Å². The van der Waals surface area contributed by atoms with Crippen LogP contribution in [-0.2, 0) is 6.54 Å². The molecule has 5 heteroatoms. The number of rotatable bonds is 4. The van der Waals surface area contributed by atoms with Crippen LogP contribution >= 0.6 is 12.2 Å². The first-order chi connectivity index (χ1) is 9.67. The lowest BCUT2D eigenvalue weighted by atomic mass is 10.2. The fraction of sp³-hybridized carbons (Fsp3) is 0.133. The second kappa shape index (κ2) is 6.77. The maximum absolute atomic E-state index is 9.20. The molecule has 0 spiro atoms. The Bertz CT molecular complexity index is 585. The Hall–Kier alpha value is -2.27. The fourth-order valence-electron chi connectivity index (χ4n) is 1.68. The van der Waals surface area contributed by atoms with Gasteiger partial charge in [-0.05, 0) is 54.2 Å². The minimum atomic E-state index is 0.228. The molecule has 0 fully saturated rings. The summed E-state index contributed by atoms with van der Waals surface area (Å²) in [4.78, 5) is 0. The van der Waals surface area contributed by atoms with Crippen LogP contribution in [0, 0.1) is 0 Å². The Labute approximate surface area is 123 Å². The standard InChI is InChI=1S/C15H16N2O2S/c1-19-14-4-2-3-11(9-14)10-16-15(20)17-12-5-7-13(18)8-6-12/h2-9,18H,10H2,1H3,(H2,16,17,20). The third-order valence-corrected chi connectivity index (χ3v) is 2.96. The van der Waals surface area contributed by atoms with Gasteiger partial charge in [-0.3, -0.25) is 0 Å². The predicted molar refractivity (Wildman–Crippen MR) is 84.2 cm³/mol. The third-order valence-electron chi connectivity index (χ3n) is 2.71. The van der Waals surface area contributed by atoms with Crippen molar-refractivity contribution in [3.05, 3.63) is 54.1 Å². The number of thiocarbonyl (C=S) groups is 1. The Morgan fingerprint density at radius 1 is 1.20 bits per heavy atom. The zero-order valence-electron chi connectivity index (χ0n) is 11.1. The van der Waals surface area contributed by atoms with Crippen molar-refractivity contribution in [2.75, 3.05) is 12.4 Å².